The number of carbonyl (C=O) groups is 1. The molecule has 0 saturated carbocycles. The van der Waals surface area contributed by atoms with Gasteiger partial charge in [0.15, 0.2) is 0 Å². The fourth-order valence-electron chi connectivity index (χ4n) is 2.32. The predicted octanol–water partition coefficient (Wildman–Crippen LogP) is 2.01. The molecule has 0 atom stereocenters. The Morgan fingerprint density at radius 2 is 1.76 bits per heavy atom. The number of ether oxygens (including phenoxy) is 1. The lowest BCUT2D eigenvalue weighted by molar-refractivity contribution is -0.139. The van der Waals surface area contributed by atoms with E-state index in [1.807, 2.05) is 52.8 Å². The lowest BCUT2D eigenvalue weighted by Gasteiger charge is -2.32. The molecule has 1 aromatic rings. The quantitative estimate of drug-likeness (QED) is 0.631. The third kappa shape index (κ3) is 3.14. The van der Waals surface area contributed by atoms with Crippen LogP contribution >= 0.6 is 0 Å². The molecule has 1 heterocycles. The van der Waals surface area contributed by atoms with Crippen molar-refractivity contribution in [3.8, 4) is 0 Å². The largest absolute Gasteiger partial charge is 0.495 e. The fourth-order valence-corrected chi connectivity index (χ4v) is 2.32. The first-order chi connectivity index (χ1) is 9.66. The number of methoxy groups -OCH3 is 1. The summed E-state index contributed by atoms with van der Waals surface area (Å²) >= 11 is 0. The first-order valence-electron chi connectivity index (χ1n) is 7.18. The molecule has 0 radical (unpaired) electrons. The molecule has 1 aromatic carbocycles. The molecule has 0 spiro atoms. The van der Waals surface area contributed by atoms with Crippen LogP contribution in [-0.2, 0) is 25.3 Å². The maximum atomic E-state index is 11.3. The molecule has 2 rings (SSSR count). The topological polar surface area (TPSA) is 44.8 Å². The average molecular weight is 290 g/mol. The highest BCUT2D eigenvalue weighted by Gasteiger charge is 2.51. The third-order valence-electron chi connectivity index (χ3n) is 4.42. The SMILES string of the molecule is COC(=O)Cc1ccc(B2OC(C)(C)C(C)(C)O2)c(C)c1. The molecule has 4 nitrogen and oxygen atoms in total. The number of rotatable bonds is 3. The minimum atomic E-state index is -0.373. The van der Waals surface area contributed by atoms with Gasteiger partial charge in [0.25, 0.3) is 0 Å². The average Bonchev–Trinajstić information content (AvgIpc) is 2.58. The summed E-state index contributed by atoms with van der Waals surface area (Å²) in [7, 11) is 1.02. The molecule has 5 heteroatoms. The Hall–Kier alpha value is -1.33. The molecule has 0 N–H and O–H groups in total. The second-order valence-corrected chi connectivity index (χ2v) is 6.53. The predicted molar refractivity (Wildman–Crippen MR) is 82.6 cm³/mol. The minimum Gasteiger partial charge on any atom is -0.469 e. The van der Waals surface area contributed by atoms with Crippen LogP contribution in [0, 0.1) is 6.92 Å². The lowest BCUT2D eigenvalue weighted by Crippen LogP contribution is -2.41. The van der Waals surface area contributed by atoms with Gasteiger partial charge >= 0.3 is 13.1 Å². The van der Waals surface area contributed by atoms with Gasteiger partial charge in [-0.1, -0.05) is 23.8 Å². The Kier molecular flexibility index (Phi) is 4.18. The number of hydrogen-bond donors (Lipinski definition) is 0. The Balaban J connectivity index is 2.21. The van der Waals surface area contributed by atoms with E-state index in [2.05, 4.69) is 0 Å². The Labute approximate surface area is 126 Å². The summed E-state index contributed by atoms with van der Waals surface area (Å²) in [6.07, 6.45) is 0.279. The van der Waals surface area contributed by atoms with Gasteiger partial charge in [-0.3, -0.25) is 4.79 Å². The molecule has 0 unspecified atom stereocenters. The zero-order valence-electron chi connectivity index (χ0n) is 13.6. The van der Waals surface area contributed by atoms with Crippen LogP contribution in [0.15, 0.2) is 18.2 Å². The van der Waals surface area contributed by atoms with Crippen molar-refractivity contribution < 1.29 is 18.8 Å². The lowest BCUT2D eigenvalue weighted by atomic mass is 9.75. The zero-order valence-corrected chi connectivity index (χ0v) is 13.6. The molecule has 114 valence electrons. The normalized spacial score (nSPS) is 19.6. The summed E-state index contributed by atoms with van der Waals surface area (Å²) in [5.74, 6) is -0.238. The van der Waals surface area contributed by atoms with Crippen LogP contribution in [0.2, 0.25) is 0 Å². The van der Waals surface area contributed by atoms with Gasteiger partial charge in [-0.15, -0.1) is 0 Å². The van der Waals surface area contributed by atoms with Gasteiger partial charge in [0, 0.05) is 0 Å². The Morgan fingerprint density at radius 1 is 1.19 bits per heavy atom. The molecular formula is C16H23BO4. The molecule has 0 aromatic heterocycles. The highest BCUT2D eigenvalue weighted by atomic mass is 16.7. The summed E-state index contributed by atoms with van der Waals surface area (Å²) in [6.45, 7) is 10.1. The maximum absolute atomic E-state index is 11.3. The van der Waals surface area contributed by atoms with Crippen molar-refractivity contribution in [2.45, 2.75) is 52.2 Å². The van der Waals surface area contributed by atoms with E-state index in [1.54, 1.807) is 0 Å². The van der Waals surface area contributed by atoms with Gasteiger partial charge in [0.1, 0.15) is 0 Å². The van der Waals surface area contributed by atoms with E-state index in [0.29, 0.717) is 0 Å². The van der Waals surface area contributed by atoms with Crippen molar-refractivity contribution >= 4 is 18.6 Å². The summed E-state index contributed by atoms with van der Waals surface area (Å²) < 4.78 is 16.8. The van der Waals surface area contributed by atoms with E-state index in [0.717, 1.165) is 16.6 Å². The highest BCUT2D eigenvalue weighted by molar-refractivity contribution is 6.62. The van der Waals surface area contributed by atoms with Gasteiger partial charge in [0.05, 0.1) is 24.7 Å². The third-order valence-corrected chi connectivity index (χ3v) is 4.42. The number of benzene rings is 1. The molecule has 1 fully saturated rings. The first kappa shape index (κ1) is 16.1. The van der Waals surface area contributed by atoms with E-state index in [1.165, 1.54) is 7.11 Å². The van der Waals surface area contributed by atoms with Crippen LogP contribution in [0.4, 0.5) is 0 Å². The molecule has 1 saturated heterocycles. The molecule has 1 aliphatic heterocycles. The van der Waals surface area contributed by atoms with E-state index in [9.17, 15) is 4.79 Å². The van der Waals surface area contributed by atoms with Crippen LogP contribution < -0.4 is 5.46 Å². The highest BCUT2D eigenvalue weighted by Crippen LogP contribution is 2.36. The Bertz CT molecular complexity index is 535. The van der Waals surface area contributed by atoms with Crippen LogP contribution in [-0.4, -0.2) is 31.4 Å². The summed E-state index contributed by atoms with van der Waals surface area (Å²) in [4.78, 5) is 11.3. The van der Waals surface area contributed by atoms with E-state index >= 15 is 0 Å². The minimum absolute atomic E-state index is 0.238. The van der Waals surface area contributed by atoms with Crippen molar-refractivity contribution in [1.82, 2.24) is 0 Å². The monoisotopic (exact) mass is 290 g/mol. The van der Waals surface area contributed by atoms with Gasteiger partial charge in [-0.25, -0.2) is 0 Å². The molecule has 0 amide bonds. The zero-order chi connectivity index (χ0) is 15.8. The van der Waals surface area contributed by atoms with Crippen LogP contribution in [0.25, 0.3) is 0 Å². The number of esters is 1. The number of hydrogen-bond acceptors (Lipinski definition) is 4. The summed E-state index contributed by atoms with van der Waals surface area (Å²) in [5, 5.41) is 0. The van der Waals surface area contributed by atoms with Crippen molar-refractivity contribution in [1.29, 1.82) is 0 Å². The maximum Gasteiger partial charge on any atom is 0.495 e. The van der Waals surface area contributed by atoms with Crippen molar-refractivity contribution in [2.24, 2.45) is 0 Å². The Morgan fingerprint density at radius 3 is 2.24 bits per heavy atom. The van der Waals surface area contributed by atoms with Gasteiger partial charge in [-0.05, 0) is 45.6 Å². The molecule has 1 aliphatic rings. The molecule has 0 aliphatic carbocycles. The van der Waals surface area contributed by atoms with E-state index < -0.39 is 0 Å². The van der Waals surface area contributed by atoms with Crippen molar-refractivity contribution in [3.05, 3.63) is 29.3 Å². The fraction of sp³-hybridized carbons (Fsp3) is 0.562. The second-order valence-electron chi connectivity index (χ2n) is 6.53. The van der Waals surface area contributed by atoms with Gasteiger partial charge < -0.3 is 14.0 Å². The standard InChI is InChI=1S/C16H23BO4/c1-11-9-12(10-14(18)19-6)7-8-13(11)17-20-15(2,3)16(4,5)21-17/h7-9H,10H2,1-6H3. The first-order valence-corrected chi connectivity index (χ1v) is 7.18. The number of carbonyl (C=O) groups excluding carboxylic acids is 1. The van der Waals surface area contributed by atoms with Crippen LogP contribution in [0.3, 0.4) is 0 Å². The van der Waals surface area contributed by atoms with Crippen LogP contribution in [0.1, 0.15) is 38.8 Å². The van der Waals surface area contributed by atoms with E-state index in [-0.39, 0.29) is 30.7 Å². The van der Waals surface area contributed by atoms with Crippen molar-refractivity contribution in [3.63, 3.8) is 0 Å². The number of aryl methyl sites for hydroxylation is 1. The summed E-state index contributed by atoms with van der Waals surface area (Å²) in [5.41, 5.74) is 2.28. The molecule has 0 bridgehead atoms. The molecule has 21 heavy (non-hydrogen) atoms. The van der Waals surface area contributed by atoms with Gasteiger partial charge in [-0.2, -0.15) is 0 Å². The van der Waals surface area contributed by atoms with Crippen molar-refractivity contribution in [2.75, 3.05) is 7.11 Å². The smallest absolute Gasteiger partial charge is 0.469 e. The second kappa shape index (κ2) is 5.46. The van der Waals surface area contributed by atoms with Gasteiger partial charge in [0.2, 0.25) is 0 Å². The summed E-state index contributed by atoms with van der Waals surface area (Å²) in [6, 6.07) is 5.87. The molecular weight excluding hydrogens is 267 g/mol. The van der Waals surface area contributed by atoms with E-state index in [4.69, 9.17) is 14.0 Å². The van der Waals surface area contributed by atoms with Crippen LogP contribution in [0.5, 0.6) is 0 Å².